The van der Waals surface area contributed by atoms with Crippen molar-refractivity contribution in [2.75, 3.05) is 0 Å². The fourth-order valence-electron chi connectivity index (χ4n) is 1.91. The van der Waals surface area contributed by atoms with E-state index in [1.807, 2.05) is 0 Å². The Morgan fingerprint density at radius 2 is 1.04 bits per heavy atom. The highest BCUT2D eigenvalue weighted by Gasteiger charge is 2.21. The molecule has 3 rings (SSSR count). The maximum atomic E-state index is 14.2. The Labute approximate surface area is 139 Å². The van der Waals surface area contributed by atoms with Crippen LogP contribution in [0.5, 0.6) is 0 Å². The number of hydrogen-bond donors (Lipinski definition) is 0. The molecule has 6 nitrogen and oxygen atoms in total. The second kappa shape index (κ2) is 5.64. The van der Waals surface area contributed by atoms with E-state index in [0.29, 0.717) is 22.7 Å². The van der Waals surface area contributed by atoms with Gasteiger partial charge in [0.15, 0.2) is 22.8 Å². The lowest BCUT2D eigenvalue weighted by Crippen LogP contribution is -2.02. The molecular weight excluding hydrogens is 354 g/mol. The molecule has 0 amide bonds. The minimum absolute atomic E-state index is 0.0235. The van der Waals surface area contributed by atoms with E-state index in [2.05, 4.69) is 9.97 Å². The molecule has 0 aliphatic carbocycles. The van der Waals surface area contributed by atoms with Crippen LogP contribution in [0.15, 0.2) is 0 Å². The van der Waals surface area contributed by atoms with Crippen molar-refractivity contribution < 1.29 is 8.78 Å². The number of benzene rings is 1. The topological polar surface area (TPSA) is 121 Å². The number of aromatic nitrogens is 2. The SMILES string of the molecule is N#CC(C#N)=c1nc2c(s1)c(F)c(F)c1sc(=C(C#N)C#N)nc12. The zero-order valence-electron chi connectivity index (χ0n) is 11.3. The van der Waals surface area contributed by atoms with Gasteiger partial charge in [0.1, 0.15) is 44.6 Å². The highest BCUT2D eigenvalue weighted by Crippen LogP contribution is 2.31. The second-order valence-electron chi connectivity index (χ2n) is 4.22. The quantitative estimate of drug-likeness (QED) is 0.604. The van der Waals surface area contributed by atoms with Gasteiger partial charge in [-0.15, -0.1) is 22.7 Å². The van der Waals surface area contributed by atoms with Crippen LogP contribution in [0, 0.1) is 57.0 Å². The van der Waals surface area contributed by atoms with Crippen LogP contribution in [0.1, 0.15) is 0 Å². The van der Waals surface area contributed by atoms with Gasteiger partial charge >= 0.3 is 0 Å². The molecule has 3 aromatic rings. The summed E-state index contributed by atoms with van der Waals surface area (Å²) in [5.41, 5.74) is -0.712. The number of nitriles is 4. The molecule has 0 fully saturated rings. The summed E-state index contributed by atoms with van der Waals surface area (Å²) in [5.74, 6) is -2.36. The van der Waals surface area contributed by atoms with Crippen LogP contribution in [0.3, 0.4) is 0 Å². The highest BCUT2D eigenvalue weighted by atomic mass is 32.1. The number of nitrogens with zero attached hydrogens (tertiary/aromatic N) is 6. The molecule has 24 heavy (non-hydrogen) atoms. The number of thiazole rings is 2. The summed E-state index contributed by atoms with van der Waals surface area (Å²) in [6.45, 7) is 0. The average Bonchev–Trinajstić information content (AvgIpc) is 3.20. The first-order valence-electron chi connectivity index (χ1n) is 5.98. The fraction of sp³-hybridized carbons (Fsp3) is 0. The molecular formula is C14F2N6S2. The van der Waals surface area contributed by atoms with Gasteiger partial charge < -0.3 is 0 Å². The maximum Gasteiger partial charge on any atom is 0.179 e. The zero-order valence-corrected chi connectivity index (χ0v) is 12.9. The number of rotatable bonds is 0. The first-order valence-corrected chi connectivity index (χ1v) is 7.62. The van der Waals surface area contributed by atoms with Crippen molar-refractivity contribution >= 4 is 54.3 Å². The molecule has 112 valence electrons. The molecule has 10 heteroatoms. The van der Waals surface area contributed by atoms with Crippen molar-refractivity contribution in [1.29, 1.82) is 21.0 Å². The van der Waals surface area contributed by atoms with Gasteiger partial charge in [0.2, 0.25) is 0 Å². The van der Waals surface area contributed by atoms with Crippen LogP contribution in [-0.4, -0.2) is 9.97 Å². The van der Waals surface area contributed by atoms with Gasteiger partial charge in [0.25, 0.3) is 0 Å². The first-order chi connectivity index (χ1) is 11.5. The molecule has 0 spiro atoms. The fourth-order valence-corrected chi connectivity index (χ4v) is 3.80. The lowest BCUT2D eigenvalue weighted by atomic mass is 10.3. The molecule has 1 aromatic carbocycles. The van der Waals surface area contributed by atoms with E-state index in [0.717, 1.165) is 0 Å². The summed E-state index contributed by atoms with van der Waals surface area (Å²) in [6, 6.07) is 6.53. The third kappa shape index (κ3) is 2.07. The number of fused-ring (bicyclic) bond motifs is 3. The van der Waals surface area contributed by atoms with Gasteiger partial charge in [0.05, 0.1) is 9.40 Å². The van der Waals surface area contributed by atoms with E-state index in [-0.39, 0.29) is 40.9 Å². The molecule has 0 aliphatic heterocycles. The minimum atomic E-state index is -1.18. The van der Waals surface area contributed by atoms with E-state index < -0.39 is 11.6 Å². The highest BCUT2D eigenvalue weighted by molar-refractivity contribution is 7.18. The minimum Gasteiger partial charge on any atom is -0.232 e. The van der Waals surface area contributed by atoms with Crippen LogP contribution < -0.4 is 9.33 Å². The Balaban J connectivity index is 2.63. The van der Waals surface area contributed by atoms with Crippen molar-refractivity contribution in [3.8, 4) is 24.3 Å². The van der Waals surface area contributed by atoms with Gasteiger partial charge in [-0.1, -0.05) is 0 Å². The molecule has 0 N–H and O–H groups in total. The van der Waals surface area contributed by atoms with E-state index >= 15 is 0 Å². The molecule has 0 atom stereocenters. The van der Waals surface area contributed by atoms with Gasteiger partial charge in [-0.05, 0) is 0 Å². The van der Waals surface area contributed by atoms with Gasteiger partial charge in [0, 0.05) is 0 Å². The van der Waals surface area contributed by atoms with Crippen LogP contribution >= 0.6 is 22.7 Å². The third-order valence-electron chi connectivity index (χ3n) is 2.94. The molecule has 0 saturated carbocycles. The number of halogens is 2. The number of hydrogen-bond acceptors (Lipinski definition) is 8. The Hall–Kier alpha value is -3.44. The van der Waals surface area contributed by atoms with Gasteiger partial charge in [-0.25, -0.2) is 18.7 Å². The van der Waals surface area contributed by atoms with E-state index in [1.165, 1.54) is 0 Å². The van der Waals surface area contributed by atoms with Crippen molar-refractivity contribution in [1.82, 2.24) is 9.97 Å². The van der Waals surface area contributed by atoms with Crippen LogP contribution in [0.2, 0.25) is 0 Å². The maximum absolute atomic E-state index is 14.2. The van der Waals surface area contributed by atoms with Crippen molar-refractivity contribution in [2.45, 2.75) is 0 Å². The average molecular weight is 354 g/mol. The van der Waals surface area contributed by atoms with Crippen molar-refractivity contribution in [3.05, 3.63) is 21.0 Å². The van der Waals surface area contributed by atoms with Crippen LogP contribution in [-0.2, 0) is 0 Å². The smallest absolute Gasteiger partial charge is 0.179 e. The predicted molar refractivity (Wildman–Crippen MR) is 81.2 cm³/mol. The molecule has 2 heterocycles. The van der Waals surface area contributed by atoms with Crippen LogP contribution in [0.25, 0.3) is 31.6 Å². The summed E-state index contributed by atoms with van der Waals surface area (Å²) in [7, 11) is 0. The largest absolute Gasteiger partial charge is 0.232 e. The summed E-state index contributed by atoms with van der Waals surface area (Å²) in [6.07, 6.45) is 0. The molecule has 0 radical (unpaired) electrons. The predicted octanol–water partition coefficient (Wildman–Crippen LogP) is 1.58. The molecule has 0 aliphatic rings. The Morgan fingerprint density at radius 1 is 0.708 bits per heavy atom. The summed E-state index contributed by atoms with van der Waals surface area (Å²) < 4.78 is 28.0. The zero-order chi connectivity index (χ0) is 17.4. The second-order valence-corrected chi connectivity index (χ2v) is 6.22. The van der Waals surface area contributed by atoms with Gasteiger partial charge in [-0.3, -0.25) is 0 Å². The summed E-state index contributed by atoms with van der Waals surface area (Å²) >= 11 is 1.32. The standard InChI is InChI=1S/C14F2N6S2/c15-7-8(16)12-10(22-14(24-12)6(3-19)4-20)9-11(7)23-13(21-9)5(1-17)2-18. The van der Waals surface area contributed by atoms with E-state index in [4.69, 9.17) is 21.0 Å². The lowest BCUT2D eigenvalue weighted by Gasteiger charge is -1.95. The summed E-state index contributed by atoms with van der Waals surface area (Å²) in [5, 5.41) is 35.5. The Morgan fingerprint density at radius 3 is 1.33 bits per heavy atom. The van der Waals surface area contributed by atoms with Gasteiger partial charge in [-0.2, -0.15) is 21.0 Å². The van der Waals surface area contributed by atoms with E-state index in [1.54, 1.807) is 24.3 Å². The monoisotopic (exact) mass is 354 g/mol. The third-order valence-corrected chi connectivity index (χ3v) is 5.08. The van der Waals surface area contributed by atoms with E-state index in [9.17, 15) is 8.78 Å². The molecule has 0 unspecified atom stereocenters. The molecule has 0 saturated heterocycles. The summed E-state index contributed by atoms with van der Waals surface area (Å²) in [4.78, 5) is 8.02. The van der Waals surface area contributed by atoms with Crippen molar-refractivity contribution in [2.24, 2.45) is 0 Å². The Bertz CT molecular complexity index is 1190. The lowest BCUT2D eigenvalue weighted by molar-refractivity contribution is 0.527. The first kappa shape index (κ1) is 15.5. The van der Waals surface area contributed by atoms with Crippen molar-refractivity contribution in [3.63, 3.8) is 0 Å². The Kier molecular flexibility index (Phi) is 3.63. The normalized spacial score (nSPS) is 9.92. The molecule has 0 bridgehead atoms. The molecule has 2 aromatic heterocycles. The van der Waals surface area contributed by atoms with Crippen LogP contribution in [0.4, 0.5) is 8.78 Å².